The molecular weight excluding hydrogens is 277 g/mol. The van der Waals surface area contributed by atoms with Crippen LogP contribution in [0.3, 0.4) is 0 Å². The zero-order valence-corrected chi connectivity index (χ0v) is 11.6. The van der Waals surface area contributed by atoms with Crippen molar-refractivity contribution in [3.8, 4) is 5.75 Å². The molecule has 20 heavy (non-hydrogen) atoms. The summed E-state index contributed by atoms with van der Waals surface area (Å²) in [4.78, 5) is 0. The van der Waals surface area contributed by atoms with Gasteiger partial charge in [-0.3, -0.25) is 0 Å². The monoisotopic (exact) mass is 291 g/mol. The van der Waals surface area contributed by atoms with Crippen LogP contribution in [0, 0.1) is 5.82 Å². The minimum atomic E-state index is -0.307. The van der Waals surface area contributed by atoms with E-state index in [0.717, 1.165) is 30.4 Å². The Morgan fingerprint density at radius 2 is 2.05 bits per heavy atom. The number of nitrogens with one attached hydrogen (secondary N) is 1. The van der Waals surface area contributed by atoms with Crippen molar-refractivity contribution in [2.24, 2.45) is 0 Å². The van der Waals surface area contributed by atoms with Gasteiger partial charge in [0.2, 0.25) is 0 Å². The summed E-state index contributed by atoms with van der Waals surface area (Å²) in [6.45, 7) is 0. The van der Waals surface area contributed by atoms with Crippen LogP contribution in [0.1, 0.15) is 30.0 Å². The van der Waals surface area contributed by atoms with Crippen LogP contribution in [0.15, 0.2) is 36.4 Å². The molecule has 1 aliphatic carbocycles. The Labute approximate surface area is 122 Å². The number of aryl methyl sites for hydroxylation is 1. The molecule has 1 aliphatic rings. The SMILES string of the molecule is Oc1ccc2c(c1)CCCC2Nc1cc(F)ccc1Cl. The van der Waals surface area contributed by atoms with Crippen LogP contribution in [-0.4, -0.2) is 5.11 Å². The van der Waals surface area contributed by atoms with E-state index in [0.29, 0.717) is 10.7 Å². The second-order valence-corrected chi connectivity index (χ2v) is 5.50. The van der Waals surface area contributed by atoms with Crippen LogP contribution in [-0.2, 0) is 6.42 Å². The van der Waals surface area contributed by atoms with Gasteiger partial charge in [-0.05, 0) is 60.7 Å². The van der Waals surface area contributed by atoms with Gasteiger partial charge in [0.05, 0.1) is 16.8 Å². The Morgan fingerprint density at radius 3 is 2.90 bits per heavy atom. The fraction of sp³-hybridized carbons (Fsp3) is 0.250. The first kappa shape index (κ1) is 13.3. The van der Waals surface area contributed by atoms with Crippen molar-refractivity contribution in [1.82, 2.24) is 0 Å². The Morgan fingerprint density at radius 1 is 1.20 bits per heavy atom. The molecule has 104 valence electrons. The second-order valence-electron chi connectivity index (χ2n) is 5.10. The second kappa shape index (κ2) is 5.33. The molecule has 2 aromatic rings. The predicted molar refractivity (Wildman–Crippen MR) is 78.8 cm³/mol. The normalized spacial score (nSPS) is 17.6. The summed E-state index contributed by atoms with van der Waals surface area (Å²) in [7, 11) is 0. The number of hydrogen-bond donors (Lipinski definition) is 2. The maximum Gasteiger partial charge on any atom is 0.125 e. The molecule has 2 N–H and O–H groups in total. The van der Waals surface area contributed by atoms with Gasteiger partial charge in [0.1, 0.15) is 11.6 Å². The van der Waals surface area contributed by atoms with Crippen LogP contribution in [0.4, 0.5) is 10.1 Å². The summed E-state index contributed by atoms with van der Waals surface area (Å²) in [5.41, 5.74) is 2.90. The van der Waals surface area contributed by atoms with Gasteiger partial charge in [-0.15, -0.1) is 0 Å². The molecule has 0 amide bonds. The van der Waals surface area contributed by atoms with Crippen molar-refractivity contribution >= 4 is 17.3 Å². The molecule has 4 heteroatoms. The van der Waals surface area contributed by atoms with Crippen molar-refractivity contribution in [1.29, 1.82) is 0 Å². The van der Waals surface area contributed by atoms with E-state index in [1.165, 1.54) is 12.1 Å². The molecule has 0 saturated heterocycles. The first-order chi connectivity index (χ1) is 9.63. The fourth-order valence-electron chi connectivity index (χ4n) is 2.75. The van der Waals surface area contributed by atoms with Gasteiger partial charge in [0.25, 0.3) is 0 Å². The summed E-state index contributed by atoms with van der Waals surface area (Å²) in [6, 6.07) is 9.83. The van der Waals surface area contributed by atoms with Crippen molar-refractivity contribution < 1.29 is 9.50 Å². The Hall–Kier alpha value is -1.74. The highest BCUT2D eigenvalue weighted by molar-refractivity contribution is 6.33. The fourth-order valence-corrected chi connectivity index (χ4v) is 2.92. The first-order valence-corrected chi connectivity index (χ1v) is 7.04. The quantitative estimate of drug-likeness (QED) is 0.842. The summed E-state index contributed by atoms with van der Waals surface area (Å²) in [5.74, 6) is -0.0215. The average molecular weight is 292 g/mol. The predicted octanol–water partition coefficient (Wildman–Crippen LogP) is 4.67. The topological polar surface area (TPSA) is 32.3 Å². The van der Waals surface area contributed by atoms with Gasteiger partial charge < -0.3 is 10.4 Å². The molecule has 0 heterocycles. The highest BCUT2D eigenvalue weighted by atomic mass is 35.5. The largest absolute Gasteiger partial charge is 0.508 e. The third kappa shape index (κ3) is 2.59. The van der Waals surface area contributed by atoms with Crippen LogP contribution in [0.2, 0.25) is 5.02 Å². The molecule has 2 nitrogen and oxygen atoms in total. The zero-order valence-electron chi connectivity index (χ0n) is 10.9. The molecule has 0 aromatic heterocycles. The van der Waals surface area contributed by atoms with Gasteiger partial charge in [-0.1, -0.05) is 17.7 Å². The lowest BCUT2D eigenvalue weighted by molar-refractivity contribution is 0.472. The molecule has 0 bridgehead atoms. The van der Waals surface area contributed by atoms with E-state index < -0.39 is 0 Å². The molecule has 0 spiro atoms. The molecular formula is C16H15ClFNO. The number of aromatic hydroxyl groups is 1. The molecule has 0 aliphatic heterocycles. The molecule has 2 aromatic carbocycles. The van der Waals surface area contributed by atoms with E-state index in [4.69, 9.17) is 11.6 Å². The van der Waals surface area contributed by atoms with Crippen LogP contribution >= 0.6 is 11.6 Å². The summed E-state index contributed by atoms with van der Waals surface area (Å²) >= 11 is 6.10. The first-order valence-electron chi connectivity index (χ1n) is 6.67. The summed E-state index contributed by atoms with van der Waals surface area (Å²) in [6.07, 6.45) is 2.95. The summed E-state index contributed by atoms with van der Waals surface area (Å²) in [5, 5.41) is 13.4. The molecule has 3 rings (SSSR count). The molecule has 0 saturated carbocycles. The Kier molecular flexibility index (Phi) is 3.53. The number of phenols is 1. The average Bonchev–Trinajstić information content (AvgIpc) is 2.43. The smallest absolute Gasteiger partial charge is 0.125 e. The van der Waals surface area contributed by atoms with E-state index in [9.17, 15) is 9.50 Å². The van der Waals surface area contributed by atoms with Crippen LogP contribution < -0.4 is 5.32 Å². The van der Waals surface area contributed by atoms with Gasteiger partial charge in [-0.25, -0.2) is 4.39 Å². The minimum Gasteiger partial charge on any atom is -0.508 e. The number of anilines is 1. The van der Waals surface area contributed by atoms with Crippen molar-refractivity contribution in [2.75, 3.05) is 5.32 Å². The van der Waals surface area contributed by atoms with Crippen LogP contribution in [0.25, 0.3) is 0 Å². The Bertz CT molecular complexity index is 644. The standard InChI is InChI=1S/C16H15ClFNO/c17-14-7-4-11(18)9-16(14)19-15-3-1-2-10-8-12(20)5-6-13(10)15/h4-9,15,19-20H,1-3H2. The van der Waals surface area contributed by atoms with Gasteiger partial charge in [-0.2, -0.15) is 0 Å². The maximum absolute atomic E-state index is 13.3. The van der Waals surface area contributed by atoms with Gasteiger partial charge >= 0.3 is 0 Å². The van der Waals surface area contributed by atoms with E-state index in [1.807, 2.05) is 6.07 Å². The number of rotatable bonds is 2. The lowest BCUT2D eigenvalue weighted by atomic mass is 9.87. The van der Waals surface area contributed by atoms with Crippen molar-refractivity contribution in [3.63, 3.8) is 0 Å². The van der Waals surface area contributed by atoms with E-state index in [-0.39, 0.29) is 17.6 Å². The van der Waals surface area contributed by atoms with Crippen molar-refractivity contribution in [2.45, 2.75) is 25.3 Å². The number of benzene rings is 2. The zero-order chi connectivity index (χ0) is 14.1. The molecule has 1 atom stereocenters. The highest BCUT2D eigenvalue weighted by Crippen LogP contribution is 2.36. The Balaban J connectivity index is 1.91. The molecule has 0 fully saturated rings. The third-order valence-electron chi connectivity index (χ3n) is 3.70. The van der Waals surface area contributed by atoms with Gasteiger partial charge in [0, 0.05) is 0 Å². The van der Waals surface area contributed by atoms with E-state index in [1.54, 1.807) is 18.2 Å². The lowest BCUT2D eigenvalue weighted by Gasteiger charge is -2.27. The summed E-state index contributed by atoms with van der Waals surface area (Å²) < 4.78 is 13.3. The molecule has 1 unspecified atom stereocenters. The lowest BCUT2D eigenvalue weighted by Crippen LogP contribution is -2.17. The highest BCUT2D eigenvalue weighted by Gasteiger charge is 2.21. The third-order valence-corrected chi connectivity index (χ3v) is 4.03. The number of phenolic OH excluding ortho intramolecular Hbond substituents is 1. The molecule has 0 radical (unpaired) electrons. The number of fused-ring (bicyclic) bond motifs is 1. The van der Waals surface area contributed by atoms with Crippen molar-refractivity contribution in [3.05, 3.63) is 58.4 Å². The van der Waals surface area contributed by atoms with Crippen LogP contribution in [0.5, 0.6) is 5.75 Å². The number of halogens is 2. The number of hydrogen-bond acceptors (Lipinski definition) is 2. The van der Waals surface area contributed by atoms with E-state index >= 15 is 0 Å². The van der Waals surface area contributed by atoms with Gasteiger partial charge in [0.15, 0.2) is 0 Å². The minimum absolute atomic E-state index is 0.0960. The van der Waals surface area contributed by atoms with E-state index in [2.05, 4.69) is 5.32 Å². The maximum atomic E-state index is 13.3.